The van der Waals surface area contributed by atoms with Crippen LogP contribution in [0.5, 0.6) is 0 Å². The van der Waals surface area contributed by atoms with Crippen molar-refractivity contribution in [1.82, 2.24) is 4.72 Å². The lowest BCUT2D eigenvalue weighted by Gasteiger charge is -2.24. The van der Waals surface area contributed by atoms with E-state index in [9.17, 15) is 8.42 Å². The van der Waals surface area contributed by atoms with E-state index in [1.807, 2.05) is 60.7 Å². The summed E-state index contributed by atoms with van der Waals surface area (Å²) < 4.78 is 28.7. The summed E-state index contributed by atoms with van der Waals surface area (Å²) in [6.45, 7) is 0.277. The average Bonchev–Trinajstić information content (AvgIpc) is 2.74. The molecule has 4 rings (SSSR count). The molecule has 1 aliphatic rings. The minimum absolute atomic E-state index is 0.277. The van der Waals surface area contributed by atoms with Crippen molar-refractivity contribution in [3.8, 4) is 0 Å². The van der Waals surface area contributed by atoms with Crippen LogP contribution >= 0.6 is 0 Å². The summed E-state index contributed by atoms with van der Waals surface area (Å²) >= 11 is 0. The van der Waals surface area contributed by atoms with Crippen molar-refractivity contribution in [2.75, 3.05) is 5.32 Å². The summed E-state index contributed by atoms with van der Waals surface area (Å²) in [7, 11) is -3.61. The van der Waals surface area contributed by atoms with Crippen LogP contribution in [-0.2, 0) is 16.6 Å². The molecule has 1 saturated carbocycles. The summed E-state index contributed by atoms with van der Waals surface area (Å²) in [5.41, 5.74) is 1.95. The van der Waals surface area contributed by atoms with Crippen molar-refractivity contribution in [2.24, 2.45) is 0 Å². The van der Waals surface area contributed by atoms with Crippen LogP contribution in [0.25, 0.3) is 10.8 Å². The molecular weight excluding hydrogens is 368 g/mol. The van der Waals surface area contributed by atoms with Crippen molar-refractivity contribution in [3.05, 3.63) is 72.3 Å². The van der Waals surface area contributed by atoms with E-state index in [0.29, 0.717) is 10.9 Å². The van der Waals surface area contributed by atoms with Crippen molar-refractivity contribution in [2.45, 2.75) is 49.6 Å². The second-order valence-electron chi connectivity index (χ2n) is 7.45. The Morgan fingerprint density at radius 3 is 2.29 bits per heavy atom. The monoisotopic (exact) mass is 394 g/mol. The van der Waals surface area contributed by atoms with Crippen LogP contribution in [0.4, 0.5) is 5.69 Å². The number of anilines is 1. The minimum atomic E-state index is -3.61. The first kappa shape index (κ1) is 19.0. The molecule has 0 aromatic heterocycles. The molecule has 0 aliphatic heterocycles. The molecule has 1 aliphatic carbocycles. The highest BCUT2D eigenvalue weighted by Crippen LogP contribution is 2.31. The van der Waals surface area contributed by atoms with Gasteiger partial charge in [-0.25, -0.2) is 13.1 Å². The summed E-state index contributed by atoms with van der Waals surface area (Å²) in [6.07, 6.45) is 6.17. The van der Waals surface area contributed by atoms with E-state index in [-0.39, 0.29) is 6.54 Å². The van der Waals surface area contributed by atoms with Crippen molar-refractivity contribution >= 4 is 26.5 Å². The number of nitrogens with one attached hydrogen (secondary N) is 2. The third-order valence-corrected chi connectivity index (χ3v) is 6.90. The molecule has 3 aromatic rings. The summed E-state index contributed by atoms with van der Waals surface area (Å²) in [6, 6.07) is 21.4. The maximum atomic E-state index is 13.0. The van der Waals surface area contributed by atoms with E-state index in [4.69, 9.17) is 0 Å². The number of sulfonamides is 1. The van der Waals surface area contributed by atoms with Gasteiger partial charge in [0.25, 0.3) is 0 Å². The number of fused-ring (bicyclic) bond motifs is 1. The van der Waals surface area contributed by atoms with Crippen LogP contribution in [0.2, 0.25) is 0 Å². The Bertz CT molecular complexity index is 1040. The number of hydrogen-bond donors (Lipinski definition) is 2. The lowest BCUT2D eigenvalue weighted by Crippen LogP contribution is -2.24. The van der Waals surface area contributed by atoms with Gasteiger partial charge >= 0.3 is 0 Å². The first-order chi connectivity index (χ1) is 13.6. The first-order valence-electron chi connectivity index (χ1n) is 9.95. The van der Waals surface area contributed by atoms with Gasteiger partial charge in [-0.05, 0) is 30.5 Å². The maximum Gasteiger partial charge on any atom is 0.241 e. The van der Waals surface area contributed by atoms with Gasteiger partial charge in [-0.1, -0.05) is 73.9 Å². The van der Waals surface area contributed by atoms with Crippen molar-refractivity contribution in [3.63, 3.8) is 0 Å². The second kappa shape index (κ2) is 8.33. The Hall–Kier alpha value is -2.37. The quantitative estimate of drug-likeness (QED) is 0.614. The van der Waals surface area contributed by atoms with Gasteiger partial charge in [0.1, 0.15) is 0 Å². The van der Waals surface area contributed by atoms with Crippen LogP contribution in [0, 0.1) is 0 Å². The molecule has 28 heavy (non-hydrogen) atoms. The van der Waals surface area contributed by atoms with E-state index in [1.165, 1.54) is 32.1 Å². The van der Waals surface area contributed by atoms with Gasteiger partial charge in [0.05, 0.1) is 4.90 Å². The first-order valence-corrected chi connectivity index (χ1v) is 11.4. The third-order valence-electron chi connectivity index (χ3n) is 5.45. The van der Waals surface area contributed by atoms with Crippen LogP contribution < -0.4 is 10.0 Å². The number of benzene rings is 3. The van der Waals surface area contributed by atoms with Gasteiger partial charge in [-0.15, -0.1) is 0 Å². The fourth-order valence-corrected chi connectivity index (χ4v) is 5.20. The highest BCUT2D eigenvalue weighted by Gasteiger charge is 2.19. The van der Waals surface area contributed by atoms with E-state index in [2.05, 4.69) is 10.0 Å². The Labute approximate surface area is 167 Å². The van der Waals surface area contributed by atoms with Crippen LogP contribution in [0.1, 0.15) is 37.7 Å². The SMILES string of the molecule is O=S(=O)(NCc1ccccc1)c1cccc2c(NC3CCCCC3)cccc12. The van der Waals surface area contributed by atoms with Gasteiger partial charge in [0, 0.05) is 29.0 Å². The highest BCUT2D eigenvalue weighted by atomic mass is 32.2. The van der Waals surface area contributed by atoms with Gasteiger partial charge in [-0.3, -0.25) is 0 Å². The zero-order valence-electron chi connectivity index (χ0n) is 15.9. The van der Waals surface area contributed by atoms with E-state index in [1.54, 1.807) is 6.07 Å². The van der Waals surface area contributed by atoms with Gasteiger partial charge in [-0.2, -0.15) is 0 Å². The van der Waals surface area contributed by atoms with Crippen molar-refractivity contribution < 1.29 is 8.42 Å². The van der Waals surface area contributed by atoms with Crippen molar-refractivity contribution in [1.29, 1.82) is 0 Å². The maximum absolute atomic E-state index is 13.0. The molecule has 0 heterocycles. The van der Waals surface area contributed by atoms with Crippen LogP contribution in [0.15, 0.2) is 71.6 Å². The zero-order valence-corrected chi connectivity index (χ0v) is 16.7. The van der Waals surface area contributed by atoms with Gasteiger partial charge in [0.2, 0.25) is 10.0 Å². The Kier molecular flexibility index (Phi) is 5.64. The molecule has 0 atom stereocenters. The molecule has 2 N–H and O–H groups in total. The van der Waals surface area contributed by atoms with E-state index in [0.717, 1.165) is 22.0 Å². The molecule has 4 nitrogen and oxygen atoms in total. The molecule has 5 heteroatoms. The Morgan fingerprint density at radius 2 is 1.50 bits per heavy atom. The highest BCUT2D eigenvalue weighted by molar-refractivity contribution is 7.89. The molecule has 1 fully saturated rings. The summed E-state index contributed by atoms with van der Waals surface area (Å²) in [5.74, 6) is 0. The molecule has 0 bridgehead atoms. The topological polar surface area (TPSA) is 58.2 Å². The molecular formula is C23H26N2O2S. The molecule has 0 saturated heterocycles. The standard InChI is InChI=1S/C23H26N2O2S/c26-28(27,24-17-18-9-3-1-4-10-18)23-16-8-13-20-21(23)14-7-15-22(20)25-19-11-5-2-6-12-19/h1,3-4,7-10,13-16,19,24-25H,2,5-6,11-12,17H2. The van der Waals surface area contributed by atoms with E-state index >= 15 is 0 Å². The fraction of sp³-hybridized carbons (Fsp3) is 0.304. The summed E-state index contributed by atoms with van der Waals surface area (Å²) in [4.78, 5) is 0.327. The smallest absolute Gasteiger partial charge is 0.241 e. The lowest BCUT2D eigenvalue weighted by molar-refractivity contribution is 0.463. The molecule has 0 unspecified atom stereocenters. The number of rotatable bonds is 6. The fourth-order valence-electron chi connectivity index (χ4n) is 3.96. The normalized spacial score (nSPS) is 15.6. The lowest BCUT2D eigenvalue weighted by atomic mass is 9.95. The zero-order chi connectivity index (χ0) is 19.4. The second-order valence-corrected chi connectivity index (χ2v) is 9.18. The van der Waals surface area contributed by atoms with Crippen LogP contribution in [-0.4, -0.2) is 14.5 Å². The molecule has 0 spiro atoms. The van der Waals surface area contributed by atoms with Gasteiger partial charge < -0.3 is 5.32 Å². The predicted molar refractivity (Wildman–Crippen MR) is 115 cm³/mol. The summed E-state index contributed by atoms with van der Waals surface area (Å²) in [5, 5.41) is 5.35. The largest absolute Gasteiger partial charge is 0.382 e. The van der Waals surface area contributed by atoms with Crippen LogP contribution in [0.3, 0.4) is 0 Å². The third kappa shape index (κ3) is 4.21. The molecule has 3 aromatic carbocycles. The van der Waals surface area contributed by atoms with Gasteiger partial charge in [0.15, 0.2) is 0 Å². The average molecular weight is 395 g/mol. The number of hydrogen-bond acceptors (Lipinski definition) is 3. The minimum Gasteiger partial charge on any atom is -0.382 e. The molecule has 0 amide bonds. The predicted octanol–water partition coefficient (Wildman–Crippen LogP) is 5.06. The molecule has 146 valence electrons. The Balaban J connectivity index is 1.62. The van der Waals surface area contributed by atoms with E-state index < -0.39 is 10.0 Å². The molecule has 0 radical (unpaired) electrons. The Morgan fingerprint density at radius 1 is 0.786 bits per heavy atom.